The maximum Gasteiger partial charge on any atom is 0.291 e. The summed E-state index contributed by atoms with van der Waals surface area (Å²) in [5, 5.41) is 2.66. The highest BCUT2D eigenvalue weighted by molar-refractivity contribution is 6.02. The van der Waals surface area contributed by atoms with Crippen molar-refractivity contribution in [3.05, 3.63) is 60.4 Å². The zero-order valence-electron chi connectivity index (χ0n) is 13.2. The van der Waals surface area contributed by atoms with E-state index in [4.69, 9.17) is 4.42 Å². The molecule has 3 rings (SSSR count). The molecule has 1 N–H and O–H groups in total. The van der Waals surface area contributed by atoms with Crippen molar-refractivity contribution in [3.63, 3.8) is 0 Å². The Morgan fingerprint density at radius 2 is 1.75 bits per heavy atom. The predicted molar refractivity (Wildman–Crippen MR) is 88.4 cm³/mol. The van der Waals surface area contributed by atoms with Crippen molar-refractivity contribution < 1.29 is 13.6 Å². The number of nitrogens with one attached hydrogen (secondary N) is 1. The largest absolute Gasteiger partial charge is 0.451 e. The third kappa shape index (κ3) is 3.40. The number of hydrogen-bond donors (Lipinski definition) is 1. The molecular weight excluding hydrogens is 311 g/mol. The lowest BCUT2D eigenvalue weighted by Gasteiger charge is -2.09. The van der Waals surface area contributed by atoms with Crippen molar-refractivity contribution in [1.82, 2.24) is 9.97 Å². The van der Waals surface area contributed by atoms with Crippen LogP contribution in [0.4, 0.5) is 16.0 Å². The SMILES string of the molecule is CN(C)c1ncc(NC(=O)c2ccc(-c3ccc(F)cc3)o2)cn1. The van der Waals surface area contributed by atoms with Crippen molar-refractivity contribution in [2.75, 3.05) is 24.3 Å². The molecule has 0 saturated heterocycles. The fourth-order valence-corrected chi connectivity index (χ4v) is 2.04. The Hall–Kier alpha value is -3.22. The first kappa shape index (κ1) is 15.7. The van der Waals surface area contributed by atoms with Gasteiger partial charge in [0.2, 0.25) is 5.95 Å². The van der Waals surface area contributed by atoms with E-state index < -0.39 is 5.91 Å². The summed E-state index contributed by atoms with van der Waals surface area (Å²) in [7, 11) is 3.65. The van der Waals surface area contributed by atoms with Gasteiger partial charge in [-0.3, -0.25) is 4.79 Å². The number of nitrogens with zero attached hydrogens (tertiary/aromatic N) is 3. The van der Waals surface area contributed by atoms with Gasteiger partial charge in [-0.2, -0.15) is 0 Å². The van der Waals surface area contributed by atoms with Crippen molar-refractivity contribution in [1.29, 1.82) is 0 Å². The summed E-state index contributed by atoms with van der Waals surface area (Å²) in [5.74, 6) is 0.434. The molecule has 7 heteroatoms. The van der Waals surface area contributed by atoms with Gasteiger partial charge in [0, 0.05) is 19.7 Å². The minimum atomic E-state index is -0.412. The second kappa shape index (κ2) is 6.49. The van der Waals surface area contributed by atoms with Crippen LogP contribution in [0.1, 0.15) is 10.6 Å². The fourth-order valence-electron chi connectivity index (χ4n) is 2.04. The van der Waals surface area contributed by atoms with E-state index in [2.05, 4.69) is 15.3 Å². The van der Waals surface area contributed by atoms with Crippen LogP contribution in [-0.4, -0.2) is 30.0 Å². The first-order valence-electron chi connectivity index (χ1n) is 7.19. The van der Waals surface area contributed by atoms with Crippen LogP contribution < -0.4 is 10.2 Å². The van der Waals surface area contributed by atoms with Crippen LogP contribution in [0.25, 0.3) is 11.3 Å². The van der Waals surface area contributed by atoms with Crippen LogP contribution in [0.2, 0.25) is 0 Å². The number of hydrogen-bond acceptors (Lipinski definition) is 5. The zero-order chi connectivity index (χ0) is 17.1. The Bertz CT molecular complexity index is 842. The second-order valence-corrected chi connectivity index (χ2v) is 5.29. The summed E-state index contributed by atoms with van der Waals surface area (Å²) < 4.78 is 18.5. The van der Waals surface area contributed by atoms with Gasteiger partial charge in [-0.05, 0) is 36.4 Å². The number of anilines is 2. The van der Waals surface area contributed by atoms with E-state index in [-0.39, 0.29) is 11.6 Å². The summed E-state index contributed by atoms with van der Waals surface area (Å²) in [6.45, 7) is 0. The molecule has 2 heterocycles. The number of rotatable bonds is 4. The molecule has 3 aromatic rings. The molecule has 0 aliphatic heterocycles. The van der Waals surface area contributed by atoms with E-state index in [1.807, 2.05) is 14.1 Å². The number of carbonyl (C=O) groups is 1. The van der Waals surface area contributed by atoms with Gasteiger partial charge in [0.05, 0.1) is 18.1 Å². The van der Waals surface area contributed by atoms with Crippen LogP contribution in [0.5, 0.6) is 0 Å². The monoisotopic (exact) mass is 326 g/mol. The van der Waals surface area contributed by atoms with Crippen molar-refractivity contribution in [3.8, 4) is 11.3 Å². The zero-order valence-corrected chi connectivity index (χ0v) is 13.2. The third-order valence-electron chi connectivity index (χ3n) is 3.25. The van der Waals surface area contributed by atoms with Crippen LogP contribution in [0, 0.1) is 5.82 Å². The van der Waals surface area contributed by atoms with E-state index in [1.54, 1.807) is 29.2 Å². The van der Waals surface area contributed by atoms with Gasteiger partial charge < -0.3 is 14.6 Å². The number of halogens is 1. The molecular formula is C17H15FN4O2. The van der Waals surface area contributed by atoms with Crippen molar-refractivity contribution >= 4 is 17.5 Å². The summed E-state index contributed by atoms with van der Waals surface area (Å²) in [6, 6.07) is 9.06. The lowest BCUT2D eigenvalue weighted by molar-refractivity contribution is 0.0997. The number of furan rings is 1. The van der Waals surface area contributed by atoms with Crippen molar-refractivity contribution in [2.45, 2.75) is 0 Å². The van der Waals surface area contributed by atoms with Gasteiger partial charge in [0.1, 0.15) is 11.6 Å². The van der Waals surface area contributed by atoms with Gasteiger partial charge in [-0.1, -0.05) is 0 Å². The molecule has 1 aromatic carbocycles. The minimum absolute atomic E-state index is 0.144. The van der Waals surface area contributed by atoms with Crippen LogP contribution in [-0.2, 0) is 0 Å². The number of benzene rings is 1. The fraction of sp³-hybridized carbons (Fsp3) is 0.118. The Labute approximate surface area is 138 Å². The van der Waals surface area contributed by atoms with Crippen LogP contribution in [0.3, 0.4) is 0 Å². The average Bonchev–Trinajstić information content (AvgIpc) is 3.06. The molecule has 0 aliphatic carbocycles. The summed E-state index contributed by atoms with van der Waals surface area (Å²) >= 11 is 0. The Kier molecular flexibility index (Phi) is 4.24. The highest BCUT2D eigenvalue weighted by Gasteiger charge is 2.13. The molecule has 0 radical (unpaired) electrons. The molecule has 0 unspecified atom stereocenters. The Morgan fingerprint density at radius 3 is 2.38 bits per heavy atom. The van der Waals surface area contributed by atoms with Gasteiger partial charge >= 0.3 is 0 Å². The van der Waals surface area contributed by atoms with E-state index in [0.29, 0.717) is 23.0 Å². The summed E-state index contributed by atoms with van der Waals surface area (Å²) in [5.41, 5.74) is 1.15. The van der Waals surface area contributed by atoms with Gasteiger partial charge in [-0.15, -0.1) is 0 Å². The predicted octanol–water partition coefficient (Wildman–Crippen LogP) is 3.19. The normalized spacial score (nSPS) is 10.5. The number of amides is 1. The van der Waals surface area contributed by atoms with E-state index in [0.717, 1.165) is 0 Å². The minimum Gasteiger partial charge on any atom is -0.451 e. The summed E-state index contributed by atoms with van der Waals surface area (Å²) in [6.07, 6.45) is 3.04. The smallest absolute Gasteiger partial charge is 0.291 e. The Balaban J connectivity index is 1.72. The summed E-state index contributed by atoms with van der Waals surface area (Å²) in [4.78, 5) is 22.2. The van der Waals surface area contributed by atoms with Gasteiger partial charge in [-0.25, -0.2) is 14.4 Å². The first-order chi connectivity index (χ1) is 11.5. The third-order valence-corrected chi connectivity index (χ3v) is 3.25. The average molecular weight is 326 g/mol. The maximum atomic E-state index is 12.9. The highest BCUT2D eigenvalue weighted by atomic mass is 19.1. The molecule has 0 saturated carbocycles. The molecule has 2 aromatic heterocycles. The molecule has 0 fully saturated rings. The second-order valence-electron chi connectivity index (χ2n) is 5.29. The standard InChI is InChI=1S/C17H15FN4O2/c1-22(2)17-19-9-13(10-20-17)21-16(23)15-8-7-14(24-15)11-3-5-12(18)6-4-11/h3-10H,1-2H3,(H,21,23). The number of aromatic nitrogens is 2. The van der Waals surface area contributed by atoms with Crippen LogP contribution in [0.15, 0.2) is 53.2 Å². The highest BCUT2D eigenvalue weighted by Crippen LogP contribution is 2.23. The van der Waals surface area contributed by atoms with E-state index in [9.17, 15) is 9.18 Å². The van der Waals surface area contributed by atoms with Gasteiger partial charge in [0.25, 0.3) is 5.91 Å². The molecule has 1 amide bonds. The first-order valence-corrected chi connectivity index (χ1v) is 7.19. The molecule has 0 spiro atoms. The van der Waals surface area contributed by atoms with Crippen molar-refractivity contribution in [2.24, 2.45) is 0 Å². The Morgan fingerprint density at radius 1 is 1.08 bits per heavy atom. The van der Waals surface area contributed by atoms with Crippen LogP contribution >= 0.6 is 0 Å². The van der Waals surface area contributed by atoms with E-state index in [1.165, 1.54) is 24.5 Å². The van der Waals surface area contributed by atoms with Gasteiger partial charge in [0.15, 0.2) is 5.76 Å². The maximum absolute atomic E-state index is 12.9. The molecule has 24 heavy (non-hydrogen) atoms. The molecule has 0 atom stereocenters. The number of carbonyl (C=O) groups excluding carboxylic acids is 1. The topological polar surface area (TPSA) is 71.3 Å². The van der Waals surface area contributed by atoms with E-state index >= 15 is 0 Å². The molecule has 0 bridgehead atoms. The molecule has 0 aliphatic rings. The molecule has 6 nitrogen and oxygen atoms in total. The lowest BCUT2D eigenvalue weighted by Crippen LogP contribution is -2.14. The lowest BCUT2D eigenvalue weighted by atomic mass is 10.2. The quantitative estimate of drug-likeness (QED) is 0.797. The molecule has 122 valence electrons.